The number of ether oxygens (including phenoxy) is 1. The summed E-state index contributed by atoms with van der Waals surface area (Å²) in [5.74, 6) is 2.11. The van der Waals surface area contributed by atoms with Crippen LogP contribution in [0.5, 0.6) is 5.75 Å². The van der Waals surface area contributed by atoms with Crippen LogP contribution in [0.25, 0.3) is 0 Å². The highest BCUT2D eigenvalue weighted by Gasteiger charge is 2.28. The molecule has 8 nitrogen and oxygen atoms in total. The maximum Gasteiger partial charge on any atom is 0.324 e. The summed E-state index contributed by atoms with van der Waals surface area (Å²) < 4.78 is 7.14. The number of benzene rings is 1. The van der Waals surface area contributed by atoms with Crippen LogP contribution >= 0.6 is 0 Å². The van der Waals surface area contributed by atoms with E-state index < -0.39 is 0 Å². The van der Waals surface area contributed by atoms with Crippen molar-refractivity contribution in [1.82, 2.24) is 14.7 Å². The standard InChI is InChI=1S/C23H31N5O3/c1-31-20-9-5-4-8-19(20)25-23(30)26-21-10-13-24-28(21)18-11-14-27(15-12-18)22(29)16-17-6-2-3-7-17/h4-5,8-10,13,17-18H,2-3,6-7,11-12,14-16H2,1H3,(H2,25,26,30). The molecule has 31 heavy (non-hydrogen) atoms. The number of anilines is 2. The average molecular weight is 426 g/mol. The van der Waals surface area contributed by atoms with Gasteiger partial charge in [0.15, 0.2) is 0 Å². The van der Waals surface area contributed by atoms with Gasteiger partial charge in [-0.1, -0.05) is 25.0 Å². The number of rotatable bonds is 6. The summed E-state index contributed by atoms with van der Waals surface area (Å²) in [6.07, 6.45) is 8.98. The third-order valence-corrected chi connectivity index (χ3v) is 6.37. The number of nitrogens with zero attached hydrogens (tertiary/aromatic N) is 3. The predicted octanol–water partition coefficient (Wildman–Crippen LogP) is 4.28. The zero-order valence-corrected chi connectivity index (χ0v) is 18.0. The second-order valence-electron chi connectivity index (χ2n) is 8.41. The Labute approximate surface area is 182 Å². The molecule has 1 saturated carbocycles. The average Bonchev–Trinajstić information content (AvgIpc) is 3.46. The maximum absolute atomic E-state index is 12.6. The summed E-state index contributed by atoms with van der Waals surface area (Å²) in [6.45, 7) is 1.48. The quantitative estimate of drug-likeness (QED) is 0.723. The molecular weight excluding hydrogens is 394 g/mol. The van der Waals surface area contributed by atoms with Crippen LogP contribution in [0.4, 0.5) is 16.3 Å². The molecule has 8 heteroatoms. The van der Waals surface area contributed by atoms with E-state index in [2.05, 4.69) is 15.7 Å². The Morgan fingerprint density at radius 3 is 2.55 bits per heavy atom. The number of carbonyl (C=O) groups is 2. The van der Waals surface area contributed by atoms with Gasteiger partial charge in [-0.15, -0.1) is 0 Å². The summed E-state index contributed by atoms with van der Waals surface area (Å²) in [5.41, 5.74) is 0.600. The fraction of sp³-hybridized carbons (Fsp3) is 0.522. The molecule has 1 aromatic carbocycles. The SMILES string of the molecule is COc1ccccc1NC(=O)Nc1ccnn1C1CCN(C(=O)CC2CCCC2)CC1. The van der Waals surface area contributed by atoms with Gasteiger partial charge in [-0.2, -0.15) is 5.10 Å². The number of aromatic nitrogens is 2. The van der Waals surface area contributed by atoms with Gasteiger partial charge in [0.25, 0.3) is 0 Å². The maximum atomic E-state index is 12.6. The first-order valence-electron chi connectivity index (χ1n) is 11.2. The molecule has 2 N–H and O–H groups in total. The van der Waals surface area contributed by atoms with Crippen molar-refractivity contribution in [3.63, 3.8) is 0 Å². The summed E-state index contributed by atoms with van der Waals surface area (Å²) in [5, 5.41) is 10.1. The highest BCUT2D eigenvalue weighted by Crippen LogP contribution is 2.30. The van der Waals surface area contributed by atoms with Gasteiger partial charge in [-0.25, -0.2) is 9.48 Å². The Morgan fingerprint density at radius 1 is 1.06 bits per heavy atom. The van der Waals surface area contributed by atoms with Gasteiger partial charge < -0.3 is 15.0 Å². The van der Waals surface area contributed by atoms with Crippen LogP contribution in [0.1, 0.15) is 51.0 Å². The minimum absolute atomic E-state index is 0.159. The van der Waals surface area contributed by atoms with Crippen molar-refractivity contribution >= 4 is 23.4 Å². The van der Waals surface area contributed by atoms with E-state index in [4.69, 9.17) is 4.74 Å². The summed E-state index contributed by atoms with van der Waals surface area (Å²) in [4.78, 5) is 27.1. The lowest BCUT2D eigenvalue weighted by atomic mass is 10.0. The molecule has 3 amide bonds. The lowest BCUT2D eigenvalue weighted by Crippen LogP contribution is -2.40. The Bertz CT molecular complexity index is 898. The topological polar surface area (TPSA) is 88.5 Å². The van der Waals surface area contributed by atoms with E-state index in [1.165, 1.54) is 25.7 Å². The van der Waals surface area contributed by atoms with Gasteiger partial charge in [0.2, 0.25) is 5.91 Å². The number of urea groups is 1. The van der Waals surface area contributed by atoms with E-state index in [0.29, 0.717) is 35.5 Å². The molecule has 1 saturated heterocycles. The third kappa shape index (κ3) is 5.18. The zero-order chi connectivity index (χ0) is 21.6. The van der Waals surface area contributed by atoms with Crippen molar-refractivity contribution in [2.45, 2.75) is 51.0 Å². The number of para-hydroxylation sites is 2. The van der Waals surface area contributed by atoms with E-state index >= 15 is 0 Å². The predicted molar refractivity (Wildman–Crippen MR) is 119 cm³/mol. The molecule has 2 fully saturated rings. The lowest BCUT2D eigenvalue weighted by Gasteiger charge is -2.33. The first-order chi connectivity index (χ1) is 15.1. The van der Waals surface area contributed by atoms with E-state index in [9.17, 15) is 9.59 Å². The van der Waals surface area contributed by atoms with Crippen LogP contribution < -0.4 is 15.4 Å². The van der Waals surface area contributed by atoms with Crippen LogP contribution in [0.15, 0.2) is 36.5 Å². The van der Waals surface area contributed by atoms with Crippen LogP contribution in [0.3, 0.4) is 0 Å². The molecule has 0 unspecified atom stereocenters. The Morgan fingerprint density at radius 2 is 1.81 bits per heavy atom. The number of hydrogen-bond acceptors (Lipinski definition) is 4. The number of methoxy groups -OCH3 is 1. The Kier molecular flexibility index (Phi) is 6.74. The fourth-order valence-electron chi connectivity index (χ4n) is 4.67. The van der Waals surface area contributed by atoms with Gasteiger partial charge in [-0.05, 0) is 43.7 Å². The first-order valence-corrected chi connectivity index (χ1v) is 11.2. The van der Waals surface area contributed by atoms with Crippen molar-refractivity contribution in [2.75, 3.05) is 30.8 Å². The number of likely N-dealkylation sites (tertiary alicyclic amines) is 1. The van der Waals surface area contributed by atoms with Gasteiger partial charge in [0.05, 0.1) is 25.0 Å². The fourth-order valence-corrected chi connectivity index (χ4v) is 4.67. The van der Waals surface area contributed by atoms with Crippen molar-refractivity contribution in [3.8, 4) is 5.75 Å². The first kappa shape index (κ1) is 21.2. The summed E-state index contributed by atoms with van der Waals surface area (Å²) >= 11 is 0. The van der Waals surface area contributed by atoms with Crippen LogP contribution in [0.2, 0.25) is 0 Å². The smallest absolute Gasteiger partial charge is 0.324 e. The van der Waals surface area contributed by atoms with Crippen LogP contribution in [0, 0.1) is 5.92 Å². The largest absolute Gasteiger partial charge is 0.495 e. The monoisotopic (exact) mass is 425 g/mol. The van der Waals surface area contributed by atoms with E-state index in [1.54, 1.807) is 31.5 Å². The van der Waals surface area contributed by atoms with Gasteiger partial charge in [-0.3, -0.25) is 10.1 Å². The molecule has 1 aliphatic carbocycles. The van der Waals surface area contributed by atoms with E-state index in [-0.39, 0.29) is 12.1 Å². The molecule has 4 rings (SSSR count). The molecule has 166 valence electrons. The van der Waals surface area contributed by atoms with E-state index in [0.717, 1.165) is 25.9 Å². The van der Waals surface area contributed by atoms with Crippen LogP contribution in [-0.2, 0) is 4.79 Å². The Balaban J connectivity index is 1.31. The number of hydrogen-bond donors (Lipinski definition) is 2. The number of amides is 3. The Hall–Kier alpha value is -3.03. The minimum Gasteiger partial charge on any atom is -0.495 e. The molecule has 0 bridgehead atoms. The van der Waals surface area contributed by atoms with Gasteiger partial charge in [0, 0.05) is 25.6 Å². The zero-order valence-electron chi connectivity index (χ0n) is 18.0. The second-order valence-corrected chi connectivity index (χ2v) is 8.41. The molecule has 2 aromatic rings. The van der Waals surface area contributed by atoms with Gasteiger partial charge in [0.1, 0.15) is 11.6 Å². The lowest BCUT2D eigenvalue weighted by molar-refractivity contribution is -0.133. The summed E-state index contributed by atoms with van der Waals surface area (Å²) in [7, 11) is 1.57. The van der Waals surface area contributed by atoms with Crippen molar-refractivity contribution in [1.29, 1.82) is 0 Å². The highest BCUT2D eigenvalue weighted by molar-refractivity contribution is 6.00. The molecular formula is C23H31N5O3. The molecule has 1 aliphatic heterocycles. The molecule has 2 heterocycles. The molecule has 0 radical (unpaired) electrons. The number of nitrogens with one attached hydrogen (secondary N) is 2. The third-order valence-electron chi connectivity index (χ3n) is 6.37. The molecule has 2 aliphatic rings. The minimum atomic E-state index is -0.351. The summed E-state index contributed by atoms with van der Waals surface area (Å²) in [6, 6.07) is 8.86. The van der Waals surface area contributed by atoms with Crippen LogP contribution in [-0.4, -0.2) is 46.8 Å². The highest BCUT2D eigenvalue weighted by atomic mass is 16.5. The molecule has 0 atom stereocenters. The van der Waals surface area contributed by atoms with E-state index in [1.807, 2.05) is 21.7 Å². The van der Waals surface area contributed by atoms with Crippen molar-refractivity contribution < 1.29 is 14.3 Å². The molecule has 0 spiro atoms. The number of piperidine rings is 1. The molecule has 1 aromatic heterocycles. The normalized spacial score (nSPS) is 17.5. The van der Waals surface area contributed by atoms with Crippen molar-refractivity contribution in [3.05, 3.63) is 36.5 Å². The van der Waals surface area contributed by atoms with Crippen molar-refractivity contribution in [2.24, 2.45) is 5.92 Å². The second kappa shape index (κ2) is 9.85. The van der Waals surface area contributed by atoms with Gasteiger partial charge >= 0.3 is 6.03 Å². The number of carbonyl (C=O) groups excluding carboxylic acids is 2.